The monoisotopic (exact) mass is 369 g/mol. The van der Waals surface area contributed by atoms with Gasteiger partial charge in [0.25, 0.3) is 0 Å². The predicted molar refractivity (Wildman–Crippen MR) is 83.1 cm³/mol. The molecule has 2 bridgehead atoms. The Morgan fingerprint density at radius 3 is 2.52 bits per heavy atom. The first-order valence-electron chi connectivity index (χ1n) is 6.64. The van der Waals surface area contributed by atoms with Gasteiger partial charge < -0.3 is 10.4 Å². The fourth-order valence-electron chi connectivity index (χ4n) is 3.32. The minimum Gasteiger partial charge on any atom is -0.481 e. The predicted octanol–water partition coefficient (Wildman–Crippen LogP) is 3.56. The van der Waals surface area contributed by atoms with E-state index in [2.05, 4.69) is 21.2 Å². The lowest BCUT2D eigenvalue weighted by Gasteiger charge is -2.24. The van der Waals surface area contributed by atoms with Gasteiger partial charge in [0.15, 0.2) is 0 Å². The lowest BCUT2D eigenvalue weighted by molar-refractivity contribution is -0.146. The van der Waals surface area contributed by atoms with Crippen LogP contribution in [0.3, 0.4) is 0 Å². The molecule has 0 aromatic heterocycles. The average molecular weight is 371 g/mol. The van der Waals surface area contributed by atoms with Gasteiger partial charge >= 0.3 is 5.97 Å². The van der Waals surface area contributed by atoms with E-state index in [1.54, 1.807) is 18.2 Å². The number of carbonyl (C=O) groups is 2. The SMILES string of the molecule is O=C(O)[C@@H]1[C@H](C(=O)Nc2ccc(Br)cc2Cl)[C@H]2C=C[C@H]1C2. The number of carboxylic acids is 1. The zero-order valence-electron chi connectivity index (χ0n) is 10.9. The number of halogens is 2. The van der Waals surface area contributed by atoms with E-state index in [9.17, 15) is 14.7 Å². The van der Waals surface area contributed by atoms with E-state index in [0.717, 1.165) is 10.9 Å². The van der Waals surface area contributed by atoms with Gasteiger partial charge in [-0.05, 0) is 36.5 Å². The van der Waals surface area contributed by atoms with E-state index in [1.165, 1.54) is 0 Å². The number of amides is 1. The molecule has 21 heavy (non-hydrogen) atoms. The number of anilines is 1. The third-order valence-corrected chi connectivity index (χ3v) is 5.04. The van der Waals surface area contributed by atoms with Crippen LogP contribution in [0.1, 0.15) is 6.42 Å². The molecule has 6 heteroatoms. The second kappa shape index (κ2) is 5.46. The summed E-state index contributed by atoms with van der Waals surface area (Å²) < 4.78 is 0.816. The van der Waals surface area contributed by atoms with E-state index in [1.807, 2.05) is 12.2 Å². The third-order valence-electron chi connectivity index (χ3n) is 4.24. The van der Waals surface area contributed by atoms with Gasteiger partial charge in [-0.25, -0.2) is 0 Å². The van der Waals surface area contributed by atoms with Crippen LogP contribution in [-0.4, -0.2) is 17.0 Å². The van der Waals surface area contributed by atoms with Crippen molar-refractivity contribution >= 4 is 45.1 Å². The molecular formula is C15H13BrClNO3. The molecular weight excluding hydrogens is 358 g/mol. The van der Waals surface area contributed by atoms with Crippen molar-refractivity contribution < 1.29 is 14.7 Å². The Hall–Kier alpha value is -1.33. The zero-order chi connectivity index (χ0) is 15.1. The van der Waals surface area contributed by atoms with Gasteiger partial charge in [0, 0.05) is 4.47 Å². The highest BCUT2D eigenvalue weighted by atomic mass is 79.9. The van der Waals surface area contributed by atoms with Crippen molar-refractivity contribution in [1.29, 1.82) is 0 Å². The van der Waals surface area contributed by atoms with E-state index in [0.29, 0.717) is 10.7 Å². The highest BCUT2D eigenvalue weighted by molar-refractivity contribution is 9.10. The lowest BCUT2D eigenvalue weighted by atomic mass is 9.82. The first-order valence-corrected chi connectivity index (χ1v) is 7.81. The van der Waals surface area contributed by atoms with Crippen LogP contribution in [0.25, 0.3) is 0 Å². The number of hydrogen-bond acceptors (Lipinski definition) is 2. The molecule has 1 fully saturated rings. The van der Waals surface area contributed by atoms with Gasteiger partial charge in [-0.1, -0.05) is 39.7 Å². The number of carboxylic acid groups (broad SMARTS) is 1. The van der Waals surface area contributed by atoms with Gasteiger partial charge in [0.2, 0.25) is 5.91 Å². The van der Waals surface area contributed by atoms with Crippen LogP contribution in [0.5, 0.6) is 0 Å². The first-order chi connectivity index (χ1) is 9.97. The van der Waals surface area contributed by atoms with E-state index in [4.69, 9.17) is 11.6 Å². The summed E-state index contributed by atoms with van der Waals surface area (Å²) in [7, 11) is 0. The van der Waals surface area contributed by atoms with Crippen molar-refractivity contribution in [3.63, 3.8) is 0 Å². The summed E-state index contributed by atoms with van der Waals surface area (Å²) in [5.74, 6) is -2.39. The zero-order valence-corrected chi connectivity index (χ0v) is 13.3. The molecule has 1 aromatic carbocycles. The number of aliphatic carboxylic acids is 1. The molecule has 3 rings (SSSR count). The highest BCUT2D eigenvalue weighted by Crippen LogP contribution is 2.48. The van der Waals surface area contributed by atoms with Gasteiger partial charge in [-0.15, -0.1) is 0 Å². The number of fused-ring (bicyclic) bond motifs is 2. The van der Waals surface area contributed by atoms with Crippen molar-refractivity contribution in [2.75, 3.05) is 5.32 Å². The molecule has 0 spiro atoms. The summed E-state index contributed by atoms with van der Waals surface area (Å²) >= 11 is 9.38. The molecule has 4 atom stereocenters. The third kappa shape index (κ3) is 2.60. The van der Waals surface area contributed by atoms with E-state index < -0.39 is 17.8 Å². The first kappa shape index (κ1) is 14.6. The lowest BCUT2D eigenvalue weighted by Crippen LogP contribution is -2.36. The van der Waals surface area contributed by atoms with Crippen LogP contribution in [0.2, 0.25) is 5.02 Å². The Morgan fingerprint density at radius 1 is 1.24 bits per heavy atom. The topological polar surface area (TPSA) is 66.4 Å². The molecule has 0 unspecified atom stereocenters. The van der Waals surface area contributed by atoms with Crippen LogP contribution >= 0.6 is 27.5 Å². The average Bonchev–Trinajstić information content (AvgIpc) is 3.02. The number of carbonyl (C=O) groups excluding carboxylic acids is 1. The molecule has 0 saturated heterocycles. The van der Waals surface area contributed by atoms with Crippen LogP contribution in [0.15, 0.2) is 34.8 Å². The fourth-order valence-corrected chi connectivity index (χ4v) is 4.04. The number of benzene rings is 1. The molecule has 2 aliphatic rings. The summed E-state index contributed by atoms with van der Waals surface area (Å²) in [6.07, 6.45) is 4.61. The Labute approximate surface area is 135 Å². The minimum atomic E-state index is -0.908. The van der Waals surface area contributed by atoms with Crippen molar-refractivity contribution in [1.82, 2.24) is 0 Å². The van der Waals surface area contributed by atoms with Crippen LogP contribution in [-0.2, 0) is 9.59 Å². The van der Waals surface area contributed by atoms with Crippen molar-refractivity contribution in [3.8, 4) is 0 Å². The van der Waals surface area contributed by atoms with Gasteiger partial charge in [0.05, 0.1) is 22.5 Å². The smallest absolute Gasteiger partial charge is 0.307 e. The van der Waals surface area contributed by atoms with Crippen LogP contribution < -0.4 is 5.32 Å². The van der Waals surface area contributed by atoms with Gasteiger partial charge in [-0.2, -0.15) is 0 Å². The summed E-state index contributed by atoms with van der Waals surface area (Å²) in [5, 5.41) is 12.5. The number of hydrogen-bond donors (Lipinski definition) is 2. The quantitative estimate of drug-likeness (QED) is 0.800. The molecule has 2 aliphatic carbocycles. The summed E-state index contributed by atoms with van der Waals surface area (Å²) in [6, 6.07) is 5.16. The number of allylic oxidation sites excluding steroid dienone is 2. The largest absolute Gasteiger partial charge is 0.481 e. The van der Waals surface area contributed by atoms with E-state index in [-0.39, 0.29) is 17.7 Å². The van der Waals surface area contributed by atoms with Crippen molar-refractivity contribution in [2.45, 2.75) is 6.42 Å². The highest BCUT2D eigenvalue weighted by Gasteiger charge is 2.51. The number of nitrogens with one attached hydrogen (secondary N) is 1. The Bertz CT molecular complexity index is 646. The molecule has 110 valence electrons. The summed E-state index contributed by atoms with van der Waals surface area (Å²) in [6.45, 7) is 0. The molecule has 0 radical (unpaired) electrons. The van der Waals surface area contributed by atoms with Crippen LogP contribution in [0.4, 0.5) is 5.69 Å². The maximum Gasteiger partial charge on any atom is 0.307 e. The molecule has 2 N–H and O–H groups in total. The summed E-state index contributed by atoms with van der Waals surface area (Å²) in [4.78, 5) is 23.9. The molecule has 1 saturated carbocycles. The maximum atomic E-state index is 12.5. The van der Waals surface area contributed by atoms with Crippen molar-refractivity contribution in [2.24, 2.45) is 23.7 Å². The fraction of sp³-hybridized carbons (Fsp3) is 0.333. The molecule has 0 heterocycles. The minimum absolute atomic E-state index is 0.00493. The van der Waals surface area contributed by atoms with E-state index >= 15 is 0 Å². The summed E-state index contributed by atoms with van der Waals surface area (Å²) in [5.41, 5.74) is 0.501. The molecule has 1 aromatic rings. The molecule has 1 amide bonds. The Morgan fingerprint density at radius 2 is 1.90 bits per heavy atom. The van der Waals surface area contributed by atoms with Gasteiger partial charge in [-0.3, -0.25) is 9.59 Å². The Kier molecular flexibility index (Phi) is 3.80. The van der Waals surface area contributed by atoms with Crippen LogP contribution in [0, 0.1) is 23.7 Å². The van der Waals surface area contributed by atoms with Crippen molar-refractivity contribution in [3.05, 3.63) is 39.8 Å². The second-order valence-electron chi connectivity index (χ2n) is 5.45. The number of rotatable bonds is 3. The molecule has 4 nitrogen and oxygen atoms in total. The normalized spacial score (nSPS) is 29.6. The molecule has 0 aliphatic heterocycles. The maximum absolute atomic E-state index is 12.5. The van der Waals surface area contributed by atoms with Gasteiger partial charge in [0.1, 0.15) is 0 Å². The Balaban J connectivity index is 1.82. The second-order valence-corrected chi connectivity index (χ2v) is 6.77. The standard InChI is InChI=1S/C15H13BrClNO3/c16-9-3-4-11(10(17)6-9)18-14(19)12-7-1-2-8(5-7)13(12)15(20)21/h1-4,6-8,12-13H,5H2,(H,18,19)(H,20,21)/t7-,8-,12+,13-/m0/s1.